The van der Waals surface area contributed by atoms with Gasteiger partial charge in [0, 0.05) is 23.9 Å². The van der Waals surface area contributed by atoms with Crippen LogP contribution in [0.25, 0.3) is 0 Å². The Bertz CT molecular complexity index is 912. The summed E-state index contributed by atoms with van der Waals surface area (Å²) >= 11 is 0. The molecule has 8 heteroatoms. The molecule has 0 aliphatic rings. The van der Waals surface area contributed by atoms with Gasteiger partial charge in [0.05, 0.1) is 13.7 Å². The van der Waals surface area contributed by atoms with Gasteiger partial charge in [-0.15, -0.1) is 30.4 Å². The van der Waals surface area contributed by atoms with Crippen LogP contribution in [0.15, 0.2) is 53.5 Å². The van der Waals surface area contributed by atoms with Crippen LogP contribution in [0.1, 0.15) is 19.4 Å². The number of carbonyl (C=O) groups is 1. The number of guanidine groups is 1. The highest BCUT2D eigenvalue weighted by atomic mass is 127. The maximum atomic E-state index is 12.2. The van der Waals surface area contributed by atoms with E-state index in [0.717, 1.165) is 11.5 Å². The lowest BCUT2D eigenvalue weighted by molar-refractivity contribution is -0.114. The second-order valence-corrected chi connectivity index (χ2v) is 6.46. The first-order valence-electron chi connectivity index (χ1n) is 9.73. The normalized spacial score (nSPS) is 11.4. The van der Waals surface area contributed by atoms with Gasteiger partial charge >= 0.3 is 0 Å². The number of ether oxygens (including phenoxy) is 2. The van der Waals surface area contributed by atoms with Crippen LogP contribution < -0.4 is 25.4 Å². The first kappa shape index (κ1) is 26.1. The molecule has 1 atom stereocenters. The number of nitrogens with one attached hydrogen (secondary N) is 3. The van der Waals surface area contributed by atoms with E-state index < -0.39 is 0 Å². The first-order valence-corrected chi connectivity index (χ1v) is 9.73. The molecule has 1 unspecified atom stereocenters. The Balaban J connectivity index is 0.00000480. The average molecular weight is 536 g/mol. The highest BCUT2D eigenvalue weighted by Gasteiger charge is 2.08. The zero-order chi connectivity index (χ0) is 21.8. The lowest BCUT2D eigenvalue weighted by Crippen LogP contribution is -2.42. The molecule has 0 fully saturated rings. The van der Waals surface area contributed by atoms with Crippen LogP contribution in [-0.4, -0.2) is 44.7 Å². The van der Waals surface area contributed by atoms with Crippen molar-refractivity contribution in [3.8, 4) is 23.8 Å². The third-order valence-electron chi connectivity index (χ3n) is 3.97. The molecule has 2 rings (SSSR count). The van der Waals surface area contributed by atoms with Gasteiger partial charge in [-0.25, -0.2) is 4.99 Å². The van der Waals surface area contributed by atoms with Crippen molar-refractivity contribution in [1.82, 2.24) is 10.6 Å². The zero-order valence-electron chi connectivity index (χ0n) is 18.0. The van der Waals surface area contributed by atoms with E-state index in [1.54, 1.807) is 31.4 Å². The fraction of sp³-hybridized carbons (Fsp3) is 0.304. The molecule has 1 amide bonds. The molecular formula is C23H29IN4O3. The molecule has 0 spiro atoms. The number of nitrogens with zero attached hydrogens (tertiary/aromatic N) is 1. The minimum atomic E-state index is -0.234. The Morgan fingerprint density at radius 3 is 2.61 bits per heavy atom. The van der Waals surface area contributed by atoms with Crippen LogP contribution in [0, 0.1) is 12.3 Å². The molecule has 0 radical (unpaired) electrons. The second kappa shape index (κ2) is 14.1. The average Bonchev–Trinajstić information content (AvgIpc) is 2.76. The van der Waals surface area contributed by atoms with E-state index in [0.29, 0.717) is 30.3 Å². The number of carbonyl (C=O) groups excluding carboxylic acids is 1. The van der Waals surface area contributed by atoms with Gasteiger partial charge in [0.15, 0.2) is 5.96 Å². The van der Waals surface area contributed by atoms with Crippen LogP contribution in [0.3, 0.4) is 0 Å². The van der Waals surface area contributed by atoms with Crippen molar-refractivity contribution in [2.24, 2.45) is 4.99 Å². The molecule has 0 aliphatic carbocycles. The Hall–Kier alpha value is -2.93. The quantitative estimate of drug-likeness (QED) is 0.199. The summed E-state index contributed by atoms with van der Waals surface area (Å²) in [4.78, 5) is 16.5. The van der Waals surface area contributed by atoms with Gasteiger partial charge in [-0.05, 0) is 44.2 Å². The number of aliphatic imine (C=N–C) groups is 1. The third-order valence-corrected chi connectivity index (χ3v) is 3.97. The highest BCUT2D eigenvalue weighted by molar-refractivity contribution is 14.0. The maximum absolute atomic E-state index is 12.2. The topological polar surface area (TPSA) is 84.0 Å². The van der Waals surface area contributed by atoms with Crippen LogP contribution in [0.2, 0.25) is 0 Å². The minimum absolute atomic E-state index is 0. The molecule has 0 aromatic heterocycles. The SMILES string of the molecule is C#Cc1cccc(NC(=O)CN=C(NCC)NCC(C)Oc2cccc(OC)c2)c1.I. The number of terminal acetylenes is 1. The number of amides is 1. The van der Waals surface area contributed by atoms with E-state index in [1.165, 1.54) is 0 Å². The number of hydrogen-bond donors (Lipinski definition) is 3. The smallest absolute Gasteiger partial charge is 0.246 e. The van der Waals surface area contributed by atoms with E-state index in [9.17, 15) is 4.79 Å². The standard InChI is InChI=1S/C23H28N4O3.HI/c1-5-18-9-7-10-19(13-18)27-22(28)16-26-23(24-6-2)25-15-17(3)30-21-12-8-11-20(14-21)29-4;/h1,7-14,17H,6,15-16H2,2-4H3,(H,27,28)(H2,24,25,26);1H. The van der Waals surface area contributed by atoms with Gasteiger partial charge in [0.25, 0.3) is 0 Å². The van der Waals surface area contributed by atoms with Crippen molar-refractivity contribution >= 4 is 41.5 Å². The summed E-state index contributed by atoms with van der Waals surface area (Å²) in [6.07, 6.45) is 5.26. The number of anilines is 1. The van der Waals surface area contributed by atoms with Crippen LogP contribution in [0.5, 0.6) is 11.5 Å². The summed E-state index contributed by atoms with van der Waals surface area (Å²) in [5.74, 6) is 4.30. The molecule has 166 valence electrons. The number of hydrogen-bond acceptors (Lipinski definition) is 4. The number of halogens is 1. The molecule has 3 N–H and O–H groups in total. The summed E-state index contributed by atoms with van der Waals surface area (Å²) in [6, 6.07) is 14.6. The lowest BCUT2D eigenvalue weighted by atomic mass is 10.2. The van der Waals surface area contributed by atoms with Crippen molar-refractivity contribution in [1.29, 1.82) is 0 Å². The molecule has 31 heavy (non-hydrogen) atoms. The molecule has 2 aromatic rings. The van der Waals surface area contributed by atoms with Crippen molar-refractivity contribution in [2.45, 2.75) is 20.0 Å². The van der Waals surface area contributed by atoms with E-state index >= 15 is 0 Å². The van der Waals surface area contributed by atoms with Gasteiger partial charge in [0.2, 0.25) is 5.91 Å². The van der Waals surface area contributed by atoms with Crippen LogP contribution in [-0.2, 0) is 4.79 Å². The van der Waals surface area contributed by atoms with Crippen molar-refractivity contribution in [3.05, 3.63) is 54.1 Å². The summed E-state index contributed by atoms with van der Waals surface area (Å²) in [6.45, 7) is 5.05. The van der Waals surface area contributed by atoms with Crippen molar-refractivity contribution in [2.75, 3.05) is 32.1 Å². The summed E-state index contributed by atoms with van der Waals surface area (Å²) in [5.41, 5.74) is 1.35. The second-order valence-electron chi connectivity index (χ2n) is 6.46. The number of benzene rings is 2. The Labute approximate surface area is 201 Å². The Kier molecular flexibility index (Phi) is 11.9. The van der Waals surface area contributed by atoms with Crippen LogP contribution in [0.4, 0.5) is 5.69 Å². The van der Waals surface area contributed by atoms with E-state index in [1.807, 2.05) is 38.1 Å². The monoisotopic (exact) mass is 536 g/mol. The van der Waals surface area contributed by atoms with Crippen molar-refractivity contribution in [3.63, 3.8) is 0 Å². The number of rotatable bonds is 9. The summed E-state index contributed by atoms with van der Waals surface area (Å²) in [5, 5.41) is 9.09. The van der Waals surface area contributed by atoms with Gasteiger partial charge in [-0.1, -0.05) is 18.1 Å². The van der Waals surface area contributed by atoms with E-state index in [-0.39, 0.29) is 42.5 Å². The van der Waals surface area contributed by atoms with E-state index in [2.05, 4.69) is 26.9 Å². The fourth-order valence-electron chi connectivity index (χ4n) is 2.57. The summed E-state index contributed by atoms with van der Waals surface area (Å²) in [7, 11) is 1.62. The molecule has 0 aliphatic heterocycles. The maximum Gasteiger partial charge on any atom is 0.246 e. The molecule has 2 aromatic carbocycles. The fourth-order valence-corrected chi connectivity index (χ4v) is 2.57. The van der Waals surface area contributed by atoms with Gasteiger partial charge in [0.1, 0.15) is 24.1 Å². The highest BCUT2D eigenvalue weighted by Crippen LogP contribution is 2.19. The Morgan fingerprint density at radius 1 is 1.16 bits per heavy atom. The first-order chi connectivity index (χ1) is 14.5. The van der Waals surface area contributed by atoms with Gasteiger partial charge < -0.3 is 25.4 Å². The van der Waals surface area contributed by atoms with Gasteiger partial charge in [-0.2, -0.15) is 0 Å². The van der Waals surface area contributed by atoms with E-state index in [4.69, 9.17) is 15.9 Å². The molecule has 0 saturated heterocycles. The Morgan fingerprint density at radius 2 is 1.90 bits per heavy atom. The minimum Gasteiger partial charge on any atom is -0.497 e. The lowest BCUT2D eigenvalue weighted by Gasteiger charge is -2.18. The van der Waals surface area contributed by atoms with Gasteiger partial charge in [-0.3, -0.25) is 4.79 Å². The predicted octanol–water partition coefficient (Wildman–Crippen LogP) is 3.26. The predicted molar refractivity (Wildman–Crippen MR) is 135 cm³/mol. The third kappa shape index (κ3) is 9.61. The van der Waals surface area contributed by atoms with Crippen molar-refractivity contribution < 1.29 is 14.3 Å². The molecule has 7 nitrogen and oxygen atoms in total. The summed E-state index contributed by atoms with van der Waals surface area (Å²) < 4.78 is 11.1. The molecule has 0 heterocycles. The largest absolute Gasteiger partial charge is 0.497 e. The molecule has 0 saturated carbocycles. The zero-order valence-corrected chi connectivity index (χ0v) is 20.3. The molecule has 0 bridgehead atoms. The number of methoxy groups -OCH3 is 1. The van der Waals surface area contributed by atoms with Crippen LogP contribution >= 0.6 is 24.0 Å². The molecular weight excluding hydrogens is 507 g/mol.